The molecule has 0 spiro atoms. The Morgan fingerprint density at radius 3 is 2.32 bits per heavy atom. The van der Waals surface area contributed by atoms with Gasteiger partial charge in [-0.2, -0.15) is 18.3 Å². The van der Waals surface area contributed by atoms with Gasteiger partial charge in [-0.3, -0.25) is 0 Å². The Labute approximate surface area is 107 Å². The first-order valence-electron chi connectivity index (χ1n) is 5.91. The van der Waals surface area contributed by atoms with Crippen LogP contribution in [-0.4, -0.2) is 14.9 Å². The third-order valence-corrected chi connectivity index (χ3v) is 3.23. The molecule has 1 aliphatic carbocycles. The summed E-state index contributed by atoms with van der Waals surface area (Å²) < 4.78 is 38.6. The number of benzene rings is 1. The van der Waals surface area contributed by atoms with Crippen molar-refractivity contribution in [3.05, 3.63) is 41.6 Å². The van der Waals surface area contributed by atoms with Gasteiger partial charge in [0.25, 0.3) is 0 Å². The molecule has 0 saturated heterocycles. The standard InChI is InChI=1S/C13H11F3N2O/c14-13(15,16)9-3-5-10(6-4-9)18-12(19)11(7-17-18)8-1-2-8/h3-8,19H,1-2H2. The molecule has 1 saturated carbocycles. The Hall–Kier alpha value is -1.98. The van der Waals surface area contributed by atoms with E-state index in [1.165, 1.54) is 16.8 Å². The smallest absolute Gasteiger partial charge is 0.416 e. The lowest BCUT2D eigenvalue weighted by Crippen LogP contribution is -2.05. The molecule has 1 aromatic carbocycles. The highest BCUT2D eigenvalue weighted by atomic mass is 19.4. The van der Waals surface area contributed by atoms with Gasteiger partial charge >= 0.3 is 6.18 Å². The molecule has 0 atom stereocenters. The van der Waals surface area contributed by atoms with Gasteiger partial charge in [0.2, 0.25) is 5.88 Å². The number of hydrogen-bond acceptors (Lipinski definition) is 2. The summed E-state index contributed by atoms with van der Waals surface area (Å²) in [4.78, 5) is 0. The van der Waals surface area contributed by atoms with Crippen LogP contribution in [0, 0.1) is 0 Å². The minimum atomic E-state index is -4.36. The largest absolute Gasteiger partial charge is 0.493 e. The fraction of sp³-hybridized carbons (Fsp3) is 0.308. The van der Waals surface area contributed by atoms with E-state index in [0.29, 0.717) is 11.6 Å². The van der Waals surface area contributed by atoms with Crippen molar-refractivity contribution in [1.82, 2.24) is 9.78 Å². The second-order valence-corrected chi connectivity index (χ2v) is 4.65. The van der Waals surface area contributed by atoms with Gasteiger partial charge in [0, 0.05) is 5.56 Å². The minimum Gasteiger partial charge on any atom is -0.493 e. The van der Waals surface area contributed by atoms with Crippen molar-refractivity contribution in [1.29, 1.82) is 0 Å². The summed E-state index contributed by atoms with van der Waals surface area (Å²) in [6, 6.07) is 4.55. The predicted octanol–water partition coefficient (Wildman–Crippen LogP) is 3.47. The number of nitrogens with zero attached hydrogens (tertiary/aromatic N) is 2. The monoisotopic (exact) mass is 268 g/mol. The molecule has 1 aromatic heterocycles. The Balaban J connectivity index is 1.94. The van der Waals surface area contributed by atoms with Gasteiger partial charge in [-0.25, -0.2) is 4.68 Å². The molecule has 0 unspecified atom stereocenters. The first kappa shape index (κ1) is 12.1. The SMILES string of the molecule is Oc1c(C2CC2)cnn1-c1ccc(C(F)(F)F)cc1. The van der Waals surface area contributed by atoms with Gasteiger partial charge in [0.15, 0.2) is 0 Å². The molecule has 0 amide bonds. The Morgan fingerprint density at radius 2 is 1.79 bits per heavy atom. The summed E-state index contributed by atoms with van der Waals surface area (Å²) in [7, 11) is 0. The molecule has 0 radical (unpaired) electrons. The van der Waals surface area contributed by atoms with Crippen LogP contribution in [0.1, 0.15) is 29.9 Å². The summed E-state index contributed by atoms with van der Waals surface area (Å²) in [6.07, 6.45) is -0.743. The van der Waals surface area contributed by atoms with Gasteiger partial charge in [0.1, 0.15) is 0 Å². The highest BCUT2D eigenvalue weighted by molar-refractivity contribution is 5.41. The topological polar surface area (TPSA) is 38.1 Å². The van der Waals surface area contributed by atoms with E-state index in [4.69, 9.17) is 0 Å². The molecular weight excluding hydrogens is 257 g/mol. The van der Waals surface area contributed by atoms with E-state index >= 15 is 0 Å². The number of halogens is 3. The number of alkyl halides is 3. The average Bonchev–Trinajstić information content (AvgIpc) is 3.12. The lowest BCUT2D eigenvalue weighted by Gasteiger charge is -2.08. The van der Waals surface area contributed by atoms with Crippen molar-refractivity contribution >= 4 is 0 Å². The molecule has 3 nitrogen and oxygen atoms in total. The third kappa shape index (κ3) is 2.18. The second kappa shape index (κ2) is 4.01. The molecular formula is C13H11F3N2O. The van der Waals surface area contributed by atoms with E-state index in [1.807, 2.05) is 0 Å². The van der Waals surface area contributed by atoms with Gasteiger partial charge in [-0.1, -0.05) is 0 Å². The van der Waals surface area contributed by atoms with Crippen molar-refractivity contribution in [3.8, 4) is 11.6 Å². The van der Waals surface area contributed by atoms with Crippen LogP contribution in [-0.2, 0) is 6.18 Å². The molecule has 6 heteroatoms. The lowest BCUT2D eigenvalue weighted by molar-refractivity contribution is -0.137. The maximum atomic E-state index is 12.4. The van der Waals surface area contributed by atoms with Crippen LogP contribution in [0.3, 0.4) is 0 Å². The second-order valence-electron chi connectivity index (χ2n) is 4.65. The molecule has 1 fully saturated rings. The zero-order valence-corrected chi connectivity index (χ0v) is 9.85. The van der Waals surface area contributed by atoms with Gasteiger partial charge in [-0.15, -0.1) is 0 Å². The van der Waals surface area contributed by atoms with Crippen molar-refractivity contribution in [2.75, 3.05) is 0 Å². The molecule has 3 rings (SSSR count). The van der Waals surface area contributed by atoms with Crippen LogP contribution in [0.2, 0.25) is 0 Å². The fourth-order valence-electron chi connectivity index (χ4n) is 2.02. The molecule has 1 N–H and O–H groups in total. The van der Waals surface area contributed by atoms with Crippen LogP contribution < -0.4 is 0 Å². The van der Waals surface area contributed by atoms with Crippen molar-refractivity contribution in [2.24, 2.45) is 0 Å². The highest BCUT2D eigenvalue weighted by Gasteiger charge is 2.31. The average molecular weight is 268 g/mol. The van der Waals surface area contributed by atoms with Gasteiger partial charge < -0.3 is 5.11 Å². The van der Waals surface area contributed by atoms with E-state index in [-0.39, 0.29) is 5.88 Å². The number of rotatable bonds is 2. The van der Waals surface area contributed by atoms with Crippen LogP contribution in [0.4, 0.5) is 13.2 Å². The van der Waals surface area contributed by atoms with E-state index in [0.717, 1.165) is 30.5 Å². The van der Waals surface area contributed by atoms with Gasteiger partial charge in [-0.05, 0) is 43.0 Å². The van der Waals surface area contributed by atoms with Crippen molar-refractivity contribution in [3.63, 3.8) is 0 Å². The quantitative estimate of drug-likeness (QED) is 0.905. The number of hydrogen-bond donors (Lipinski definition) is 1. The molecule has 1 heterocycles. The predicted molar refractivity (Wildman–Crippen MR) is 62.2 cm³/mol. The van der Waals surface area contributed by atoms with E-state index in [2.05, 4.69) is 5.10 Å². The van der Waals surface area contributed by atoms with Crippen LogP contribution in [0.5, 0.6) is 5.88 Å². The molecule has 1 aliphatic rings. The normalized spacial score (nSPS) is 15.7. The molecule has 19 heavy (non-hydrogen) atoms. The maximum Gasteiger partial charge on any atom is 0.416 e. The van der Waals surface area contributed by atoms with Crippen LogP contribution in [0.25, 0.3) is 5.69 Å². The number of aromatic hydroxyl groups is 1. The molecule has 2 aromatic rings. The van der Waals surface area contributed by atoms with Crippen LogP contribution >= 0.6 is 0 Å². The Bertz CT molecular complexity index is 597. The lowest BCUT2D eigenvalue weighted by atomic mass is 10.2. The summed E-state index contributed by atoms with van der Waals surface area (Å²) >= 11 is 0. The summed E-state index contributed by atoms with van der Waals surface area (Å²) in [6.45, 7) is 0. The molecule has 0 aliphatic heterocycles. The van der Waals surface area contributed by atoms with E-state index in [9.17, 15) is 18.3 Å². The molecule has 100 valence electrons. The maximum absolute atomic E-state index is 12.4. The molecule has 0 bridgehead atoms. The van der Waals surface area contributed by atoms with Gasteiger partial charge in [0.05, 0.1) is 17.4 Å². The zero-order chi connectivity index (χ0) is 13.6. The highest BCUT2D eigenvalue weighted by Crippen LogP contribution is 2.44. The minimum absolute atomic E-state index is 0.0160. The zero-order valence-electron chi connectivity index (χ0n) is 9.85. The van der Waals surface area contributed by atoms with E-state index in [1.54, 1.807) is 6.20 Å². The summed E-state index contributed by atoms with van der Waals surface area (Å²) in [5.41, 5.74) is 0.461. The van der Waals surface area contributed by atoms with Crippen LogP contribution in [0.15, 0.2) is 30.5 Å². The summed E-state index contributed by atoms with van der Waals surface area (Å²) in [5, 5.41) is 14.0. The fourth-order valence-corrected chi connectivity index (χ4v) is 2.02. The summed E-state index contributed by atoms with van der Waals surface area (Å²) in [5.74, 6) is 0.352. The first-order valence-corrected chi connectivity index (χ1v) is 5.91. The number of aromatic nitrogens is 2. The Morgan fingerprint density at radius 1 is 1.16 bits per heavy atom. The first-order chi connectivity index (χ1) is 8.97. The van der Waals surface area contributed by atoms with Crippen molar-refractivity contribution in [2.45, 2.75) is 24.9 Å². The van der Waals surface area contributed by atoms with E-state index < -0.39 is 11.7 Å². The Kier molecular flexibility index (Phi) is 2.55. The van der Waals surface area contributed by atoms with Crippen molar-refractivity contribution < 1.29 is 18.3 Å². The third-order valence-electron chi connectivity index (χ3n) is 3.23.